The van der Waals surface area contributed by atoms with E-state index in [1.165, 1.54) is 26.0 Å². The molecule has 0 bridgehead atoms. The highest BCUT2D eigenvalue weighted by molar-refractivity contribution is 5.73. The Labute approximate surface area is 143 Å². The SMILES string of the molecule is CCCCOc1cc(OC(C)=O)c(OCCCC)cc1OC(C)=O. The van der Waals surface area contributed by atoms with Gasteiger partial charge < -0.3 is 18.9 Å². The molecule has 6 nitrogen and oxygen atoms in total. The zero-order chi connectivity index (χ0) is 17.9. The minimum absolute atomic E-state index is 0.251. The van der Waals surface area contributed by atoms with Gasteiger partial charge in [0.1, 0.15) is 0 Å². The molecule has 134 valence electrons. The van der Waals surface area contributed by atoms with Gasteiger partial charge in [-0.15, -0.1) is 0 Å². The summed E-state index contributed by atoms with van der Waals surface area (Å²) in [7, 11) is 0. The number of unbranched alkanes of at least 4 members (excludes halogenated alkanes) is 2. The fraction of sp³-hybridized carbons (Fsp3) is 0.556. The van der Waals surface area contributed by atoms with Crippen LogP contribution in [0.3, 0.4) is 0 Å². The molecule has 6 heteroatoms. The molecule has 0 saturated heterocycles. The molecular weight excluding hydrogens is 312 g/mol. The molecule has 0 aliphatic heterocycles. The molecule has 24 heavy (non-hydrogen) atoms. The molecule has 0 aromatic heterocycles. The van der Waals surface area contributed by atoms with Gasteiger partial charge in [0.05, 0.1) is 13.2 Å². The van der Waals surface area contributed by atoms with Crippen LogP contribution in [0.25, 0.3) is 0 Å². The smallest absolute Gasteiger partial charge is 0.308 e. The topological polar surface area (TPSA) is 71.1 Å². The van der Waals surface area contributed by atoms with Gasteiger partial charge in [0, 0.05) is 26.0 Å². The van der Waals surface area contributed by atoms with Gasteiger partial charge >= 0.3 is 11.9 Å². The Balaban J connectivity index is 3.13. The predicted octanol–water partition coefficient (Wildman–Crippen LogP) is 3.90. The van der Waals surface area contributed by atoms with Crippen LogP contribution in [0.4, 0.5) is 0 Å². The van der Waals surface area contributed by atoms with E-state index in [0.29, 0.717) is 24.7 Å². The second kappa shape index (κ2) is 10.5. The fourth-order valence-electron chi connectivity index (χ4n) is 1.87. The standard InChI is InChI=1S/C18H26O6/c1-5-7-9-21-15-11-18(24-14(4)20)16(22-10-8-6-2)12-17(15)23-13(3)19/h11-12H,5-10H2,1-4H3. The Morgan fingerprint density at radius 3 is 1.42 bits per heavy atom. The summed E-state index contributed by atoms with van der Waals surface area (Å²) in [5.41, 5.74) is 0. The Morgan fingerprint density at radius 1 is 0.750 bits per heavy atom. The van der Waals surface area contributed by atoms with Gasteiger partial charge in [0.25, 0.3) is 0 Å². The van der Waals surface area contributed by atoms with Gasteiger partial charge in [0.2, 0.25) is 0 Å². The average Bonchev–Trinajstić information content (AvgIpc) is 2.50. The minimum atomic E-state index is -0.463. The molecule has 0 atom stereocenters. The summed E-state index contributed by atoms with van der Waals surface area (Å²) < 4.78 is 21.7. The molecule has 0 saturated carbocycles. The predicted molar refractivity (Wildman–Crippen MR) is 89.9 cm³/mol. The van der Waals surface area contributed by atoms with E-state index in [-0.39, 0.29) is 11.5 Å². The molecule has 0 radical (unpaired) electrons. The highest BCUT2D eigenvalue weighted by Crippen LogP contribution is 2.40. The minimum Gasteiger partial charge on any atom is -0.490 e. The number of rotatable bonds is 10. The number of benzene rings is 1. The number of esters is 2. The molecule has 0 unspecified atom stereocenters. The van der Waals surface area contributed by atoms with Crippen LogP contribution in [-0.2, 0) is 9.59 Å². The Morgan fingerprint density at radius 2 is 1.12 bits per heavy atom. The van der Waals surface area contributed by atoms with E-state index in [1.807, 2.05) is 13.8 Å². The first-order valence-corrected chi connectivity index (χ1v) is 8.28. The molecule has 0 amide bonds. The third-order valence-electron chi connectivity index (χ3n) is 3.03. The molecule has 1 aromatic carbocycles. The number of hydrogen-bond donors (Lipinski definition) is 0. The zero-order valence-corrected chi connectivity index (χ0v) is 14.8. The van der Waals surface area contributed by atoms with Crippen molar-refractivity contribution < 1.29 is 28.5 Å². The first-order valence-electron chi connectivity index (χ1n) is 8.28. The summed E-state index contributed by atoms with van der Waals surface area (Å²) in [6, 6.07) is 3.05. The van der Waals surface area contributed by atoms with Gasteiger partial charge in [-0.05, 0) is 12.8 Å². The number of carbonyl (C=O) groups excluding carboxylic acids is 2. The molecule has 0 fully saturated rings. The van der Waals surface area contributed by atoms with Crippen LogP contribution in [0.5, 0.6) is 23.0 Å². The normalized spacial score (nSPS) is 10.2. The maximum absolute atomic E-state index is 11.3. The number of hydrogen-bond acceptors (Lipinski definition) is 6. The van der Waals surface area contributed by atoms with Crippen LogP contribution in [0, 0.1) is 0 Å². The summed E-state index contributed by atoms with van der Waals surface area (Å²) in [6.07, 6.45) is 3.66. The van der Waals surface area contributed by atoms with E-state index in [9.17, 15) is 9.59 Å². The summed E-state index contributed by atoms with van der Waals surface area (Å²) in [5, 5.41) is 0. The zero-order valence-electron chi connectivity index (χ0n) is 14.8. The van der Waals surface area contributed by atoms with Crippen LogP contribution in [0.2, 0.25) is 0 Å². The summed E-state index contributed by atoms with van der Waals surface area (Å²) in [5.74, 6) is 0.266. The molecule has 0 N–H and O–H groups in total. The van der Waals surface area contributed by atoms with Crippen molar-refractivity contribution in [3.8, 4) is 23.0 Å². The van der Waals surface area contributed by atoms with Gasteiger partial charge in [-0.1, -0.05) is 26.7 Å². The van der Waals surface area contributed by atoms with Crippen molar-refractivity contribution >= 4 is 11.9 Å². The largest absolute Gasteiger partial charge is 0.490 e. The molecule has 0 aliphatic carbocycles. The van der Waals surface area contributed by atoms with Crippen molar-refractivity contribution in [1.82, 2.24) is 0 Å². The van der Waals surface area contributed by atoms with Crippen molar-refractivity contribution in [1.29, 1.82) is 0 Å². The van der Waals surface area contributed by atoms with Crippen molar-refractivity contribution in [3.63, 3.8) is 0 Å². The van der Waals surface area contributed by atoms with Gasteiger partial charge in [-0.2, -0.15) is 0 Å². The first-order chi connectivity index (χ1) is 11.5. The van der Waals surface area contributed by atoms with Crippen molar-refractivity contribution in [2.45, 2.75) is 53.4 Å². The summed E-state index contributed by atoms with van der Waals surface area (Å²) in [6.45, 7) is 7.66. The van der Waals surface area contributed by atoms with Crippen LogP contribution in [0.1, 0.15) is 53.4 Å². The van der Waals surface area contributed by atoms with Crippen LogP contribution < -0.4 is 18.9 Å². The third-order valence-corrected chi connectivity index (χ3v) is 3.03. The quantitative estimate of drug-likeness (QED) is 0.366. The molecule has 1 aromatic rings. The van der Waals surface area contributed by atoms with E-state index < -0.39 is 11.9 Å². The second-order valence-electron chi connectivity index (χ2n) is 5.34. The van der Waals surface area contributed by atoms with Gasteiger partial charge in [-0.3, -0.25) is 9.59 Å². The van der Waals surface area contributed by atoms with Gasteiger partial charge in [-0.25, -0.2) is 0 Å². The maximum Gasteiger partial charge on any atom is 0.308 e. The number of carbonyl (C=O) groups is 2. The van der Waals surface area contributed by atoms with Crippen molar-refractivity contribution in [2.75, 3.05) is 13.2 Å². The monoisotopic (exact) mass is 338 g/mol. The van der Waals surface area contributed by atoms with E-state index in [4.69, 9.17) is 18.9 Å². The molecular formula is C18H26O6. The van der Waals surface area contributed by atoms with Gasteiger partial charge in [0.15, 0.2) is 23.0 Å². The lowest BCUT2D eigenvalue weighted by molar-refractivity contribution is -0.133. The van der Waals surface area contributed by atoms with Crippen LogP contribution in [-0.4, -0.2) is 25.2 Å². The molecule has 1 rings (SSSR count). The number of ether oxygens (including phenoxy) is 4. The summed E-state index contributed by atoms with van der Waals surface area (Å²) >= 11 is 0. The molecule has 0 spiro atoms. The van der Waals surface area contributed by atoms with E-state index >= 15 is 0 Å². The highest BCUT2D eigenvalue weighted by atomic mass is 16.6. The maximum atomic E-state index is 11.3. The van der Waals surface area contributed by atoms with Crippen molar-refractivity contribution in [2.24, 2.45) is 0 Å². The van der Waals surface area contributed by atoms with E-state index in [0.717, 1.165) is 25.7 Å². The average molecular weight is 338 g/mol. The highest BCUT2D eigenvalue weighted by Gasteiger charge is 2.17. The fourth-order valence-corrected chi connectivity index (χ4v) is 1.87. The Bertz CT molecular complexity index is 503. The second-order valence-corrected chi connectivity index (χ2v) is 5.34. The summed E-state index contributed by atoms with van der Waals surface area (Å²) in [4.78, 5) is 22.7. The Hall–Kier alpha value is -2.24. The lowest BCUT2D eigenvalue weighted by Crippen LogP contribution is -2.09. The lowest BCUT2D eigenvalue weighted by Gasteiger charge is -2.16. The first kappa shape index (κ1) is 19.8. The Kier molecular flexibility index (Phi) is 8.68. The van der Waals surface area contributed by atoms with Crippen LogP contribution in [0.15, 0.2) is 12.1 Å². The molecule has 0 aliphatic rings. The molecule has 0 heterocycles. The van der Waals surface area contributed by atoms with Crippen LogP contribution >= 0.6 is 0 Å². The van der Waals surface area contributed by atoms with E-state index in [2.05, 4.69) is 0 Å². The van der Waals surface area contributed by atoms with Crippen molar-refractivity contribution in [3.05, 3.63) is 12.1 Å². The third kappa shape index (κ3) is 6.89. The van der Waals surface area contributed by atoms with E-state index in [1.54, 1.807) is 0 Å². The lowest BCUT2D eigenvalue weighted by atomic mass is 10.2.